The molecule has 1 heterocycles. The highest BCUT2D eigenvalue weighted by Gasteiger charge is 2.36. The normalized spacial score (nSPS) is 22.3. The Morgan fingerprint density at radius 1 is 1.15 bits per heavy atom. The van der Waals surface area contributed by atoms with E-state index in [0.717, 1.165) is 36.0 Å². The van der Waals surface area contributed by atoms with Crippen LogP contribution >= 0.6 is 0 Å². The number of hydrogen-bond donors (Lipinski definition) is 1. The second-order valence-corrected chi connectivity index (χ2v) is 6.53. The summed E-state index contributed by atoms with van der Waals surface area (Å²) in [6, 6.07) is 5.97. The van der Waals surface area contributed by atoms with Crippen LogP contribution in [0.5, 0.6) is 17.2 Å². The SMILES string of the molecule is COc1cc(C2OC(N)=C(C#N)C3=C2C(C)CCC3)cc(OC)c1OC. The molecule has 26 heavy (non-hydrogen) atoms. The standard InChI is InChI=1S/C20H24N2O4/c1-11-6-5-7-13-14(10-21)20(22)26-18(17(11)13)12-8-15(23-2)19(25-4)16(9-12)24-3/h8-9,11,18H,5-7,22H2,1-4H3. The first-order valence-electron chi connectivity index (χ1n) is 8.65. The zero-order valence-corrected chi connectivity index (χ0v) is 15.6. The Kier molecular flexibility index (Phi) is 4.99. The number of nitriles is 1. The van der Waals surface area contributed by atoms with Crippen molar-refractivity contribution in [1.82, 2.24) is 0 Å². The Balaban J connectivity index is 2.17. The number of rotatable bonds is 4. The van der Waals surface area contributed by atoms with Gasteiger partial charge in [0.2, 0.25) is 11.6 Å². The van der Waals surface area contributed by atoms with Gasteiger partial charge >= 0.3 is 0 Å². The molecule has 1 aromatic rings. The summed E-state index contributed by atoms with van der Waals surface area (Å²) in [7, 11) is 4.73. The molecule has 2 atom stereocenters. The van der Waals surface area contributed by atoms with E-state index in [1.165, 1.54) is 0 Å². The van der Waals surface area contributed by atoms with Gasteiger partial charge in [-0.3, -0.25) is 0 Å². The molecule has 0 amide bonds. The largest absolute Gasteiger partial charge is 0.493 e. The minimum Gasteiger partial charge on any atom is -0.493 e. The number of allylic oxidation sites excluding steroid dienone is 2. The van der Waals surface area contributed by atoms with Crippen molar-refractivity contribution in [2.75, 3.05) is 21.3 Å². The Morgan fingerprint density at radius 2 is 1.81 bits per heavy atom. The smallest absolute Gasteiger partial charge is 0.203 e. The lowest BCUT2D eigenvalue weighted by atomic mass is 9.76. The van der Waals surface area contributed by atoms with E-state index in [1.807, 2.05) is 12.1 Å². The van der Waals surface area contributed by atoms with Crippen LogP contribution in [0, 0.1) is 17.2 Å². The predicted octanol–water partition coefficient (Wildman–Crippen LogP) is 3.59. The van der Waals surface area contributed by atoms with E-state index < -0.39 is 0 Å². The topological polar surface area (TPSA) is 86.7 Å². The lowest BCUT2D eigenvalue weighted by Gasteiger charge is -2.36. The highest BCUT2D eigenvalue weighted by molar-refractivity contribution is 5.57. The second kappa shape index (κ2) is 7.20. The van der Waals surface area contributed by atoms with Gasteiger partial charge in [-0.1, -0.05) is 6.92 Å². The average Bonchev–Trinajstić information content (AvgIpc) is 2.66. The van der Waals surface area contributed by atoms with E-state index in [2.05, 4.69) is 13.0 Å². The Hall–Kier alpha value is -2.81. The maximum Gasteiger partial charge on any atom is 0.203 e. The molecule has 1 aliphatic carbocycles. The Labute approximate surface area is 153 Å². The molecule has 1 aliphatic heterocycles. The van der Waals surface area contributed by atoms with Crippen molar-refractivity contribution in [3.63, 3.8) is 0 Å². The Morgan fingerprint density at radius 3 is 2.35 bits per heavy atom. The van der Waals surface area contributed by atoms with E-state index in [0.29, 0.717) is 28.7 Å². The van der Waals surface area contributed by atoms with E-state index >= 15 is 0 Å². The maximum absolute atomic E-state index is 9.52. The summed E-state index contributed by atoms with van der Waals surface area (Å²) in [5, 5.41) is 9.52. The molecule has 6 nitrogen and oxygen atoms in total. The summed E-state index contributed by atoms with van der Waals surface area (Å²) in [6.07, 6.45) is 2.57. The van der Waals surface area contributed by atoms with Crippen LogP contribution in [0.3, 0.4) is 0 Å². The third kappa shape index (κ3) is 2.84. The van der Waals surface area contributed by atoms with Crippen molar-refractivity contribution in [3.05, 3.63) is 40.3 Å². The first-order chi connectivity index (χ1) is 12.5. The minimum atomic E-state index is -0.369. The van der Waals surface area contributed by atoms with Crippen LogP contribution in [0.4, 0.5) is 0 Å². The molecule has 6 heteroatoms. The van der Waals surface area contributed by atoms with Gasteiger partial charge in [0.25, 0.3) is 0 Å². The van der Waals surface area contributed by atoms with Crippen LogP contribution in [-0.4, -0.2) is 21.3 Å². The van der Waals surface area contributed by atoms with Crippen molar-refractivity contribution in [2.45, 2.75) is 32.3 Å². The molecule has 0 saturated heterocycles. The first-order valence-corrected chi connectivity index (χ1v) is 8.65. The van der Waals surface area contributed by atoms with Crippen LogP contribution < -0.4 is 19.9 Å². The molecule has 0 bridgehead atoms. The molecule has 0 spiro atoms. The molecular formula is C20H24N2O4. The summed E-state index contributed by atoms with van der Waals surface area (Å²) in [5.41, 5.74) is 9.55. The predicted molar refractivity (Wildman–Crippen MR) is 96.8 cm³/mol. The van der Waals surface area contributed by atoms with E-state index in [9.17, 15) is 5.26 Å². The monoisotopic (exact) mass is 356 g/mol. The molecule has 2 N–H and O–H groups in total. The van der Waals surface area contributed by atoms with Crippen LogP contribution in [0.2, 0.25) is 0 Å². The number of ether oxygens (including phenoxy) is 4. The highest BCUT2D eigenvalue weighted by atomic mass is 16.5. The van der Waals surface area contributed by atoms with Crippen molar-refractivity contribution < 1.29 is 18.9 Å². The van der Waals surface area contributed by atoms with Gasteiger partial charge in [0.15, 0.2) is 11.5 Å². The first kappa shape index (κ1) is 18.0. The highest BCUT2D eigenvalue weighted by Crippen LogP contribution is 2.49. The van der Waals surface area contributed by atoms with Gasteiger partial charge in [-0.15, -0.1) is 0 Å². The third-order valence-corrected chi connectivity index (χ3v) is 5.12. The van der Waals surface area contributed by atoms with Crippen LogP contribution in [0.15, 0.2) is 34.7 Å². The van der Waals surface area contributed by atoms with Crippen LogP contribution in [0.1, 0.15) is 37.9 Å². The van der Waals surface area contributed by atoms with Crippen LogP contribution in [0.25, 0.3) is 0 Å². The minimum absolute atomic E-state index is 0.180. The van der Waals surface area contributed by atoms with E-state index in [-0.39, 0.29) is 12.0 Å². The summed E-state index contributed by atoms with van der Waals surface area (Å²) >= 11 is 0. The number of nitrogens with zero attached hydrogens (tertiary/aromatic N) is 1. The van der Waals surface area contributed by atoms with Gasteiger partial charge < -0.3 is 24.7 Å². The fourth-order valence-corrected chi connectivity index (χ4v) is 3.89. The lowest BCUT2D eigenvalue weighted by Crippen LogP contribution is -2.26. The molecule has 0 saturated carbocycles. The van der Waals surface area contributed by atoms with E-state index in [4.69, 9.17) is 24.7 Å². The van der Waals surface area contributed by atoms with Gasteiger partial charge in [0.05, 0.1) is 21.3 Å². The number of hydrogen-bond acceptors (Lipinski definition) is 6. The van der Waals surface area contributed by atoms with Gasteiger partial charge in [-0.25, -0.2) is 0 Å². The van der Waals surface area contributed by atoms with Gasteiger partial charge in [-0.2, -0.15) is 5.26 Å². The Bertz CT molecular complexity index is 795. The van der Waals surface area contributed by atoms with Crippen LogP contribution in [-0.2, 0) is 4.74 Å². The summed E-state index contributed by atoms with van der Waals surface area (Å²) in [5.74, 6) is 2.13. The number of nitrogens with two attached hydrogens (primary N) is 1. The van der Waals surface area contributed by atoms with Gasteiger partial charge in [-0.05, 0) is 48.5 Å². The lowest BCUT2D eigenvalue weighted by molar-refractivity contribution is 0.121. The van der Waals surface area contributed by atoms with Crippen molar-refractivity contribution in [3.8, 4) is 23.3 Å². The number of benzene rings is 1. The fourth-order valence-electron chi connectivity index (χ4n) is 3.89. The maximum atomic E-state index is 9.52. The molecule has 0 fully saturated rings. The zero-order valence-electron chi connectivity index (χ0n) is 15.6. The summed E-state index contributed by atoms with van der Waals surface area (Å²) in [4.78, 5) is 0. The third-order valence-electron chi connectivity index (χ3n) is 5.12. The number of methoxy groups -OCH3 is 3. The molecule has 2 aliphatic rings. The summed E-state index contributed by atoms with van der Waals surface area (Å²) in [6.45, 7) is 2.17. The molecule has 0 aromatic heterocycles. The quantitative estimate of drug-likeness (QED) is 0.887. The summed E-state index contributed by atoms with van der Waals surface area (Å²) < 4.78 is 22.4. The van der Waals surface area contributed by atoms with Crippen molar-refractivity contribution in [1.29, 1.82) is 5.26 Å². The van der Waals surface area contributed by atoms with Gasteiger partial charge in [0.1, 0.15) is 17.7 Å². The molecular weight excluding hydrogens is 332 g/mol. The molecule has 3 rings (SSSR count). The fraction of sp³-hybridized carbons (Fsp3) is 0.450. The molecule has 0 radical (unpaired) electrons. The molecule has 2 unspecified atom stereocenters. The molecule has 138 valence electrons. The van der Waals surface area contributed by atoms with Gasteiger partial charge in [0, 0.05) is 5.56 Å². The van der Waals surface area contributed by atoms with Crippen molar-refractivity contribution in [2.24, 2.45) is 11.7 Å². The van der Waals surface area contributed by atoms with E-state index in [1.54, 1.807) is 21.3 Å². The molecule has 1 aromatic carbocycles. The van der Waals surface area contributed by atoms with Crippen molar-refractivity contribution >= 4 is 0 Å². The average molecular weight is 356 g/mol. The zero-order chi connectivity index (χ0) is 18.8. The second-order valence-electron chi connectivity index (χ2n) is 6.53.